The third-order valence-corrected chi connectivity index (χ3v) is 7.00. The van der Waals surface area contributed by atoms with Crippen molar-refractivity contribution in [2.45, 2.75) is 29.7 Å². The average molecular weight is 403 g/mol. The third kappa shape index (κ3) is 4.23. The van der Waals surface area contributed by atoms with Crippen LogP contribution in [0.25, 0.3) is 5.69 Å². The first-order chi connectivity index (χ1) is 12.8. The summed E-state index contributed by atoms with van der Waals surface area (Å²) in [6.45, 7) is 4.12. The number of sulfonamides is 1. The highest BCUT2D eigenvalue weighted by Gasteiger charge is 2.17. The number of hydrogen-bond donors (Lipinski definition) is 0. The van der Waals surface area contributed by atoms with Gasteiger partial charge in [0.2, 0.25) is 10.0 Å². The van der Waals surface area contributed by atoms with Crippen LogP contribution >= 0.6 is 11.8 Å². The molecule has 2 aromatic carbocycles. The van der Waals surface area contributed by atoms with Crippen LogP contribution in [0, 0.1) is 13.8 Å². The van der Waals surface area contributed by atoms with Gasteiger partial charge >= 0.3 is 0 Å². The number of benzene rings is 2. The van der Waals surface area contributed by atoms with E-state index in [9.17, 15) is 8.42 Å². The highest BCUT2D eigenvalue weighted by atomic mass is 32.2. The normalized spacial score (nSPS) is 11.9. The molecule has 1 heterocycles. The Kier molecular flexibility index (Phi) is 5.69. The van der Waals surface area contributed by atoms with E-state index in [1.807, 2.05) is 10.6 Å². The summed E-state index contributed by atoms with van der Waals surface area (Å²) in [5.74, 6) is 0.598. The molecule has 0 bridgehead atoms. The van der Waals surface area contributed by atoms with E-state index in [2.05, 4.69) is 42.2 Å². The molecule has 0 saturated heterocycles. The zero-order valence-electron chi connectivity index (χ0n) is 15.7. The molecule has 0 aliphatic carbocycles. The lowest BCUT2D eigenvalue weighted by molar-refractivity contribution is 0.520. The van der Waals surface area contributed by atoms with Crippen LogP contribution < -0.4 is 0 Å². The summed E-state index contributed by atoms with van der Waals surface area (Å²) in [4.78, 5) is 0.293. The van der Waals surface area contributed by atoms with Crippen molar-refractivity contribution in [1.82, 2.24) is 19.1 Å². The lowest BCUT2D eigenvalue weighted by Gasteiger charge is -2.12. The van der Waals surface area contributed by atoms with Gasteiger partial charge in [-0.15, -0.1) is 10.2 Å². The molecule has 0 amide bonds. The average Bonchev–Trinajstić information content (AvgIpc) is 3.08. The van der Waals surface area contributed by atoms with E-state index in [-0.39, 0.29) is 0 Å². The summed E-state index contributed by atoms with van der Waals surface area (Å²) < 4.78 is 27.8. The quantitative estimate of drug-likeness (QED) is 0.591. The number of aryl methyl sites for hydroxylation is 2. The van der Waals surface area contributed by atoms with Gasteiger partial charge in [-0.1, -0.05) is 41.6 Å². The van der Waals surface area contributed by atoms with Gasteiger partial charge in [0.05, 0.1) is 10.6 Å². The van der Waals surface area contributed by atoms with E-state index < -0.39 is 10.0 Å². The highest BCUT2D eigenvalue weighted by Crippen LogP contribution is 2.26. The van der Waals surface area contributed by atoms with E-state index in [4.69, 9.17) is 0 Å². The van der Waals surface area contributed by atoms with E-state index in [0.717, 1.165) is 22.0 Å². The lowest BCUT2D eigenvalue weighted by atomic mass is 10.1. The second-order valence-electron chi connectivity index (χ2n) is 6.50. The van der Waals surface area contributed by atoms with Crippen LogP contribution in [0.4, 0.5) is 0 Å². The molecule has 6 nitrogen and oxygen atoms in total. The second-order valence-corrected chi connectivity index (χ2v) is 9.59. The molecule has 0 N–H and O–H groups in total. The summed E-state index contributed by atoms with van der Waals surface area (Å²) in [7, 11) is -0.380. The molecule has 3 rings (SSSR count). The van der Waals surface area contributed by atoms with E-state index in [1.54, 1.807) is 24.5 Å². The molecule has 142 valence electrons. The van der Waals surface area contributed by atoms with Crippen molar-refractivity contribution in [2.24, 2.45) is 0 Å². The Morgan fingerprint density at radius 2 is 1.89 bits per heavy atom. The third-order valence-electron chi connectivity index (χ3n) is 4.17. The van der Waals surface area contributed by atoms with Crippen LogP contribution in [0.15, 0.2) is 58.8 Å². The van der Waals surface area contributed by atoms with Crippen molar-refractivity contribution in [2.75, 3.05) is 14.1 Å². The maximum Gasteiger partial charge on any atom is 0.242 e. The minimum atomic E-state index is -3.44. The molecular formula is C19H22N4O2S2. The Morgan fingerprint density at radius 1 is 1.11 bits per heavy atom. The molecule has 3 aromatic rings. The number of thioether (sulfide) groups is 1. The molecule has 0 atom stereocenters. The summed E-state index contributed by atoms with van der Waals surface area (Å²) in [5, 5.41) is 9.03. The lowest BCUT2D eigenvalue weighted by Crippen LogP contribution is -2.22. The first kappa shape index (κ1) is 19.6. The number of hydrogen-bond acceptors (Lipinski definition) is 5. The molecule has 0 fully saturated rings. The molecule has 27 heavy (non-hydrogen) atoms. The fourth-order valence-electron chi connectivity index (χ4n) is 2.72. The van der Waals surface area contributed by atoms with Crippen LogP contribution in [0.2, 0.25) is 0 Å². The van der Waals surface area contributed by atoms with Crippen molar-refractivity contribution in [3.05, 3.63) is 65.5 Å². The Balaban J connectivity index is 1.82. The molecule has 8 heteroatoms. The van der Waals surface area contributed by atoms with Crippen LogP contribution in [-0.4, -0.2) is 41.6 Å². The van der Waals surface area contributed by atoms with Crippen LogP contribution in [-0.2, 0) is 15.8 Å². The number of rotatable bonds is 6. The highest BCUT2D eigenvalue weighted by molar-refractivity contribution is 7.98. The fourth-order valence-corrected chi connectivity index (χ4v) is 4.56. The van der Waals surface area contributed by atoms with Gasteiger partial charge in [-0.25, -0.2) is 12.7 Å². The SMILES string of the molecule is Cc1ccc(-n2cnnc2SCc2cccc(S(=O)(=O)N(C)C)c2)c(C)c1. The molecule has 0 aliphatic heterocycles. The van der Waals surface area contributed by atoms with Crippen molar-refractivity contribution >= 4 is 21.8 Å². The number of nitrogens with zero attached hydrogens (tertiary/aromatic N) is 4. The summed E-state index contributed by atoms with van der Waals surface area (Å²) >= 11 is 1.52. The van der Waals surface area contributed by atoms with E-state index >= 15 is 0 Å². The monoisotopic (exact) mass is 402 g/mol. The van der Waals surface area contributed by atoms with Crippen LogP contribution in [0.3, 0.4) is 0 Å². The van der Waals surface area contributed by atoms with Crippen molar-refractivity contribution in [3.63, 3.8) is 0 Å². The zero-order valence-corrected chi connectivity index (χ0v) is 17.4. The Bertz CT molecular complexity index is 1060. The smallest absolute Gasteiger partial charge is 0.242 e. The van der Waals surface area contributed by atoms with Crippen LogP contribution in [0.5, 0.6) is 0 Å². The predicted octanol–water partition coefficient (Wildman–Crippen LogP) is 3.43. The molecule has 0 spiro atoms. The fraction of sp³-hybridized carbons (Fsp3) is 0.263. The predicted molar refractivity (Wildman–Crippen MR) is 108 cm³/mol. The van der Waals surface area contributed by atoms with E-state index in [1.165, 1.54) is 35.7 Å². The molecule has 0 aliphatic rings. The van der Waals surface area contributed by atoms with E-state index in [0.29, 0.717) is 10.6 Å². The molecule has 0 saturated carbocycles. The molecule has 0 unspecified atom stereocenters. The van der Waals surface area contributed by atoms with Gasteiger partial charge in [0, 0.05) is 19.8 Å². The van der Waals surface area contributed by atoms with Gasteiger partial charge in [-0.05, 0) is 43.2 Å². The maximum atomic E-state index is 12.3. The minimum absolute atomic E-state index is 0.293. The summed E-state index contributed by atoms with van der Waals surface area (Å²) in [6, 6.07) is 13.2. The van der Waals surface area contributed by atoms with Gasteiger partial charge in [0.15, 0.2) is 5.16 Å². The Morgan fingerprint density at radius 3 is 2.59 bits per heavy atom. The Hall–Kier alpha value is -2.16. The van der Waals surface area contributed by atoms with Gasteiger partial charge < -0.3 is 0 Å². The zero-order chi connectivity index (χ0) is 19.6. The topological polar surface area (TPSA) is 68.1 Å². The minimum Gasteiger partial charge on any atom is -0.276 e. The van der Waals surface area contributed by atoms with Crippen molar-refractivity contribution in [3.8, 4) is 5.69 Å². The molecule has 0 radical (unpaired) electrons. The summed E-state index contributed by atoms with van der Waals surface area (Å²) in [5.41, 5.74) is 4.31. The molecular weight excluding hydrogens is 380 g/mol. The Labute approximate surface area is 164 Å². The van der Waals surface area contributed by atoms with Gasteiger partial charge in [0.25, 0.3) is 0 Å². The van der Waals surface area contributed by atoms with Crippen molar-refractivity contribution in [1.29, 1.82) is 0 Å². The van der Waals surface area contributed by atoms with Gasteiger partial charge in [0.1, 0.15) is 6.33 Å². The molecule has 1 aromatic heterocycles. The van der Waals surface area contributed by atoms with Crippen LogP contribution in [0.1, 0.15) is 16.7 Å². The van der Waals surface area contributed by atoms with Gasteiger partial charge in [-0.2, -0.15) is 0 Å². The largest absolute Gasteiger partial charge is 0.276 e. The first-order valence-corrected chi connectivity index (χ1v) is 10.8. The summed E-state index contributed by atoms with van der Waals surface area (Å²) in [6.07, 6.45) is 1.70. The maximum absolute atomic E-state index is 12.3. The van der Waals surface area contributed by atoms with Crippen molar-refractivity contribution < 1.29 is 8.42 Å². The standard InChI is InChI=1S/C19H22N4O2S2/c1-14-8-9-18(15(2)10-14)23-13-20-21-19(23)26-12-16-6-5-7-17(11-16)27(24,25)22(3)4/h5-11,13H,12H2,1-4H3. The number of aromatic nitrogens is 3. The first-order valence-electron chi connectivity index (χ1n) is 8.41. The second kappa shape index (κ2) is 7.84. The van der Waals surface area contributed by atoms with Gasteiger partial charge in [-0.3, -0.25) is 4.57 Å².